The van der Waals surface area contributed by atoms with E-state index < -0.39 is 5.92 Å². The normalized spacial score (nSPS) is 11.9. The van der Waals surface area contributed by atoms with Gasteiger partial charge in [0.15, 0.2) is 0 Å². The van der Waals surface area contributed by atoms with E-state index in [9.17, 15) is 4.79 Å². The molecule has 0 saturated carbocycles. The zero-order valence-corrected chi connectivity index (χ0v) is 12.0. The lowest BCUT2D eigenvalue weighted by atomic mass is 10.0. The van der Waals surface area contributed by atoms with Gasteiger partial charge >= 0.3 is 0 Å². The van der Waals surface area contributed by atoms with Gasteiger partial charge in [0.25, 0.3) is 0 Å². The Hall–Kier alpha value is -1.82. The van der Waals surface area contributed by atoms with Crippen LogP contribution in [0.5, 0.6) is 0 Å². The first kappa shape index (κ1) is 15.2. The van der Waals surface area contributed by atoms with Crippen LogP contribution in [0.25, 0.3) is 0 Å². The third kappa shape index (κ3) is 4.40. The second-order valence-electron chi connectivity index (χ2n) is 5.02. The predicted molar refractivity (Wildman–Crippen MR) is 76.1 cm³/mol. The molecule has 0 heterocycles. The van der Waals surface area contributed by atoms with Crippen LogP contribution < -0.4 is 0 Å². The SMILES string of the molecule is CCCC(C#N)C(=O)N(Cc1ccccc1)C(C)C. The number of nitriles is 1. The third-order valence-electron chi connectivity index (χ3n) is 3.13. The summed E-state index contributed by atoms with van der Waals surface area (Å²) in [6, 6.07) is 12.1. The van der Waals surface area contributed by atoms with Crippen LogP contribution >= 0.6 is 0 Å². The van der Waals surface area contributed by atoms with Crippen LogP contribution in [0, 0.1) is 17.2 Å². The number of carbonyl (C=O) groups excluding carboxylic acids is 1. The van der Waals surface area contributed by atoms with Gasteiger partial charge in [0, 0.05) is 12.6 Å². The van der Waals surface area contributed by atoms with Crippen LogP contribution in [0.4, 0.5) is 0 Å². The minimum Gasteiger partial charge on any atom is -0.335 e. The van der Waals surface area contributed by atoms with Gasteiger partial charge in [0.2, 0.25) is 5.91 Å². The van der Waals surface area contributed by atoms with E-state index in [1.54, 1.807) is 4.90 Å². The number of benzene rings is 1. The van der Waals surface area contributed by atoms with Crippen LogP contribution in [-0.4, -0.2) is 16.8 Å². The minimum absolute atomic E-state index is 0.0526. The lowest BCUT2D eigenvalue weighted by Crippen LogP contribution is -2.40. The van der Waals surface area contributed by atoms with Crippen molar-refractivity contribution in [3.63, 3.8) is 0 Å². The first-order valence-electron chi connectivity index (χ1n) is 6.84. The minimum atomic E-state index is -0.517. The summed E-state index contributed by atoms with van der Waals surface area (Å²) < 4.78 is 0. The van der Waals surface area contributed by atoms with Crippen molar-refractivity contribution < 1.29 is 4.79 Å². The third-order valence-corrected chi connectivity index (χ3v) is 3.13. The first-order valence-corrected chi connectivity index (χ1v) is 6.84. The second-order valence-corrected chi connectivity index (χ2v) is 5.02. The summed E-state index contributed by atoms with van der Waals surface area (Å²) in [5.41, 5.74) is 1.10. The molecular formula is C16H22N2O. The van der Waals surface area contributed by atoms with Crippen LogP contribution in [0.3, 0.4) is 0 Å². The molecule has 0 aliphatic carbocycles. The summed E-state index contributed by atoms with van der Waals surface area (Å²) in [5.74, 6) is -0.570. The molecule has 0 aliphatic heterocycles. The van der Waals surface area contributed by atoms with Crippen molar-refractivity contribution in [2.75, 3.05) is 0 Å². The van der Waals surface area contributed by atoms with Crippen molar-refractivity contribution >= 4 is 5.91 Å². The maximum absolute atomic E-state index is 12.4. The second kappa shape index (κ2) is 7.58. The summed E-state index contributed by atoms with van der Waals surface area (Å²) in [7, 11) is 0. The molecule has 19 heavy (non-hydrogen) atoms. The van der Waals surface area contributed by atoms with Gasteiger partial charge in [-0.25, -0.2) is 0 Å². The van der Waals surface area contributed by atoms with E-state index in [0.29, 0.717) is 13.0 Å². The molecule has 0 radical (unpaired) electrons. The molecule has 0 aromatic heterocycles. The maximum Gasteiger partial charge on any atom is 0.240 e. The lowest BCUT2D eigenvalue weighted by Gasteiger charge is -2.28. The standard InChI is InChI=1S/C16H22N2O/c1-4-8-15(11-17)16(19)18(13(2)3)12-14-9-6-5-7-10-14/h5-7,9-10,13,15H,4,8,12H2,1-3H3. The average molecular weight is 258 g/mol. The summed E-state index contributed by atoms with van der Waals surface area (Å²) in [6.45, 7) is 6.54. The van der Waals surface area contributed by atoms with Gasteiger partial charge in [-0.1, -0.05) is 43.7 Å². The van der Waals surface area contributed by atoms with E-state index in [1.807, 2.05) is 51.1 Å². The fraction of sp³-hybridized carbons (Fsp3) is 0.500. The molecule has 0 N–H and O–H groups in total. The highest BCUT2D eigenvalue weighted by molar-refractivity contribution is 5.81. The van der Waals surface area contributed by atoms with Gasteiger partial charge in [-0.05, 0) is 25.8 Å². The monoisotopic (exact) mass is 258 g/mol. The molecule has 0 aliphatic rings. The van der Waals surface area contributed by atoms with Crippen LogP contribution in [0.2, 0.25) is 0 Å². The Morgan fingerprint density at radius 1 is 1.32 bits per heavy atom. The van der Waals surface area contributed by atoms with Crippen molar-refractivity contribution in [2.45, 2.75) is 46.2 Å². The van der Waals surface area contributed by atoms with Crippen molar-refractivity contribution in [1.82, 2.24) is 4.90 Å². The number of amides is 1. The lowest BCUT2D eigenvalue weighted by molar-refractivity contribution is -0.136. The summed E-state index contributed by atoms with van der Waals surface area (Å²) in [4.78, 5) is 14.2. The number of rotatable bonds is 6. The topological polar surface area (TPSA) is 44.1 Å². The Morgan fingerprint density at radius 3 is 2.42 bits per heavy atom. The smallest absolute Gasteiger partial charge is 0.240 e. The Bertz CT molecular complexity index is 434. The summed E-state index contributed by atoms with van der Waals surface area (Å²) in [5, 5.41) is 9.13. The van der Waals surface area contributed by atoms with Crippen LogP contribution in [0.15, 0.2) is 30.3 Å². The average Bonchev–Trinajstić information content (AvgIpc) is 2.42. The molecule has 1 amide bonds. The zero-order valence-electron chi connectivity index (χ0n) is 12.0. The summed E-state index contributed by atoms with van der Waals surface area (Å²) in [6.07, 6.45) is 1.48. The highest BCUT2D eigenvalue weighted by atomic mass is 16.2. The van der Waals surface area contributed by atoms with Gasteiger partial charge in [-0.3, -0.25) is 4.79 Å². The number of carbonyl (C=O) groups is 1. The van der Waals surface area contributed by atoms with Gasteiger partial charge in [0.1, 0.15) is 5.92 Å². The van der Waals surface area contributed by atoms with E-state index in [0.717, 1.165) is 12.0 Å². The molecular weight excluding hydrogens is 236 g/mol. The molecule has 0 saturated heterocycles. The first-order chi connectivity index (χ1) is 9.10. The fourth-order valence-corrected chi connectivity index (χ4v) is 2.03. The van der Waals surface area contributed by atoms with Crippen molar-refractivity contribution in [3.05, 3.63) is 35.9 Å². The number of hydrogen-bond donors (Lipinski definition) is 0. The Morgan fingerprint density at radius 2 is 1.95 bits per heavy atom. The molecule has 1 aromatic carbocycles. The predicted octanol–water partition coefficient (Wildman–Crippen LogP) is 3.36. The van der Waals surface area contributed by atoms with Crippen LogP contribution in [-0.2, 0) is 11.3 Å². The van der Waals surface area contributed by atoms with Crippen LogP contribution in [0.1, 0.15) is 39.2 Å². The van der Waals surface area contributed by atoms with Gasteiger partial charge in [-0.15, -0.1) is 0 Å². The van der Waals surface area contributed by atoms with Gasteiger partial charge in [-0.2, -0.15) is 5.26 Å². The summed E-state index contributed by atoms with van der Waals surface area (Å²) >= 11 is 0. The van der Waals surface area contributed by atoms with E-state index >= 15 is 0 Å². The Kier molecular flexibility index (Phi) is 6.08. The number of hydrogen-bond acceptors (Lipinski definition) is 2. The molecule has 102 valence electrons. The van der Waals surface area contributed by atoms with E-state index in [-0.39, 0.29) is 11.9 Å². The molecule has 0 fully saturated rings. The van der Waals surface area contributed by atoms with E-state index in [2.05, 4.69) is 6.07 Å². The van der Waals surface area contributed by atoms with Crippen molar-refractivity contribution in [3.8, 4) is 6.07 Å². The van der Waals surface area contributed by atoms with E-state index in [4.69, 9.17) is 5.26 Å². The quantitative estimate of drug-likeness (QED) is 0.785. The Balaban J connectivity index is 2.83. The van der Waals surface area contributed by atoms with Crippen molar-refractivity contribution in [2.24, 2.45) is 5.92 Å². The number of nitrogens with zero attached hydrogens (tertiary/aromatic N) is 2. The Labute approximate surface area is 115 Å². The van der Waals surface area contributed by atoms with E-state index in [1.165, 1.54) is 0 Å². The van der Waals surface area contributed by atoms with Gasteiger partial charge in [0.05, 0.1) is 6.07 Å². The largest absolute Gasteiger partial charge is 0.335 e. The van der Waals surface area contributed by atoms with Gasteiger partial charge < -0.3 is 4.90 Å². The maximum atomic E-state index is 12.4. The molecule has 3 nitrogen and oxygen atoms in total. The molecule has 0 spiro atoms. The molecule has 1 aromatic rings. The molecule has 1 atom stereocenters. The molecule has 1 rings (SSSR count). The highest BCUT2D eigenvalue weighted by Gasteiger charge is 2.25. The highest BCUT2D eigenvalue weighted by Crippen LogP contribution is 2.15. The fourth-order valence-electron chi connectivity index (χ4n) is 2.03. The zero-order chi connectivity index (χ0) is 14.3. The molecule has 1 unspecified atom stereocenters. The molecule has 3 heteroatoms. The molecule has 0 bridgehead atoms. The van der Waals surface area contributed by atoms with Crippen molar-refractivity contribution in [1.29, 1.82) is 5.26 Å².